The standard InChI is InChI=1S/C21H20N2O2S/c24-20-13-16(21(25)22-11-10-17-7-4-12-26-17)14-23(20)19-9-3-6-15-5-1-2-8-18(15)19/h1-9,12,16H,10-11,13-14H2,(H,22,25)/t16-/m0/s1. The maximum Gasteiger partial charge on any atom is 0.227 e. The van der Waals surface area contributed by atoms with Crippen LogP contribution in [0, 0.1) is 5.92 Å². The third kappa shape index (κ3) is 3.35. The second kappa shape index (κ2) is 7.30. The van der Waals surface area contributed by atoms with E-state index in [1.807, 2.05) is 53.9 Å². The molecule has 0 bridgehead atoms. The van der Waals surface area contributed by atoms with Gasteiger partial charge in [0.2, 0.25) is 11.8 Å². The Morgan fingerprint density at radius 3 is 2.81 bits per heavy atom. The molecule has 2 amide bonds. The van der Waals surface area contributed by atoms with Crippen molar-refractivity contribution in [2.45, 2.75) is 12.8 Å². The van der Waals surface area contributed by atoms with E-state index in [-0.39, 0.29) is 24.2 Å². The van der Waals surface area contributed by atoms with Gasteiger partial charge in [0.15, 0.2) is 0 Å². The van der Waals surface area contributed by atoms with Gasteiger partial charge in [0, 0.05) is 29.8 Å². The molecule has 0 radical (unpaired) electrons. The van der Waals surface area contributed by atoms with Gasteiger partial charge in [-0.05, 0) is 29.3 Å². The molecule has 0 spiro atoms. The van der Waals surface area contributed by atoms with E-state index < -0.39 is 0 Å². The van der Waals surface area contributed by atoms with Gasteiger partial charge < -0.3 is 10.2 Å². The molecule has 1 aliphatic heterocycles. The van der Waals surface area contributed by atoms with Crippen LogP contribution >= 0.6 is 11.3 Å². The Kier molecular flexibility index (Phi) is 4.71. The van der Waals surface area contributed by atoms with Crippen LogP contribution in [-0.4, -0.2) is 24.9 Å². The Hall–Kier alpha value is -2.66. The maximum absolute atomic E-state index is 12.5. The van der Waals surface area contributed by atoms with Gasteiger partial charge in [-0.15, -0.1) is 11.3 Å². The molecule has 4 rings (SSSR count). The third-order valence-corrected chi connectivity index (χ3v) is 5.74. The summed E-state index contributed by atoms with van der Waals surface area (Å²) < 4.78 is 0. The van der Waals surface area contributed by atoms with Crippen molar-refractivity contribution in [1.82, 2.24) is 5.32 Å². The van der Waals surface area contributed by atoms with E-state index in [9.17, 15) is 9.59 Å². The summed E-state index contributed by atoms with van der Waals surface area (Å²) in [4.78, 5) is 28.0. The summed E-state index contributed by atoms with van der Waals surface area (Å²) in [5.74, 6) is -0.304. The van der Waals surface area contributed by atoms with Crippen LogP contribution in [0.5, 0.6) is 0 Å². The Labute approximate surface area is 156 Å². The summed E-state index contributed by atoms with van der Waals surface area (Å²) in [5, 5.41) is 7.16. The highest BCUT2D eigenvalue weighted by Gasteiger charge is 2.35. The summed E-state index contributed by atoms with van der Waals surface area (Å²) in [6.45, 7) is 1.05. The molecule has 5 heteroatoms. The molecule has 2 aromatic carbocycles. The molecule has 2 heterocycles. The van der Waals surface area contributed by atoms with Gasteiger partial charge in [0.25, 0.3) is 0 Å². The molecule has 3 aromatic rings. The molecule has 1 saturated heterocycles. The van der Waals surface area contributed by atoms with Crippen molar-refractivity contribution in [2.75, 3.05) is 18.0 Å². The van der Waals surface area contributed by atoms with Gasteiger partial charge in [0.1, 0.15) is 0 Å². The lowest BCUT2D eigenvalue weighted by molar-refractivity contribution is -0.126. The summed E-state index contributed by atoms with van der Waals surface area (Å²) in [6, 6.07) is 18.0. The van der Waals surface area contributed by atoms with E-state index in [4.69, 9.17) is 0 Å². The number of carbonyl (C=O) groups excluding carboxylic acids is 2. The van der Waals surface area contributed by atoms with Crippen molar-refractivity contribution in [3.8, 4) is 0 Å². The molecule has 132 valence electrons. The monoisotopic (exact) mass is 364 g/mol. The number of thiophene rings is 1. The fraction of sp³-hybridized carbons (Fsp3) is 0.238. The molecule has 1 N–H and O–H groups in total. The number of nitrogens with zero attached hydrogens (tertiary/aromatic N) is 1. The number of hydrogen-bond donors (Lipinski definition) is 1. The highest BCUT2D eigenvalue weighted by molar-refractivity contribution is 7.09. The fourth-order valence-electron chi connectivity index (χ4n) is 3.47. The van der Waals surface area contributed by atoms with E-state index in [2.05, 4.69) is 11.4 Å². The Morgan fingerprint density at radius 1 is 1.12 bits per heavy atom. The number of rotatable bonds is 5. The number of hydrogen-bond acceptors (Lipinski definition) is 3. The van der Waals surface area contributed by atoms with Crippen LogP contribution in [0.4, 0.5) is 5.69 Å². The number of benzene rings is 2. The number of carbonyl (C=O) groups is 2. The van der Waals surface area contributed by atoms with Crippen molar-refractivity contribution < 1.29 is 9.59 Å². The Bertz CT molecular complexity index is 931. The van der Waals surface area contributed by atoms with E-state index >= 15 is 0 Å². The number of anilines is 1. The lowest BCUT2D eigenvalue weighted by atomic mass is 10.1. The first kappa shape index (κ1) is 16.8. The van der Waals surface area contributed by atoms with Crippen LogP contribution in [0.1, 0.15) is 11.3 Å². The lowest BCUT2D eigenvalue weighted by Gasteiger charge is -2.19. The summed E-state index contributed by atoms with van der Waals surface area (Å²) in [5.41, 5.74) is 0.891. The van der Waals surface area contributed by atoms with Gasteiger partial charge >= 0.3 is 0 Å². The normalized spacial score (nSPS) is 17.0. The second-order valence-electron chi connectivity index (χ2n) is 6.52. The molecule has 0 unspecified atom stereocenters. The molecule has 4 nitrogen and oxygen atoms in total. The average molecular weight is 364 g/mol. The van der Waals surface area contributed by atoms with Crippen molar-refractivity contribution in [2.24, 2.45) is 5.92 Å². The summed E-state index contributed by atoms with van der Waals surface area (Å²) >= 11 is 1.69. The molecule has 1 aliphatic rings. The van der Waals surface area contributed by atoms with Gasteiger partial charge in [0.05, 0.1) is 11.6 Å². The smallest absolute Gasteiger partial charge is 0.227 e. The predicted molar refractivity (Wildman–Crippen MR) is 105 cm³/mol. The number of amides is 2. The van der Waals surface area contributed by atoms with Crippen LogP contribution in [-0.2, 0) is 16.0 Å². The lowest BCUT2D eigenvalue weighted by Crippen LogP contribution is -2.34. The van der Waals surface area contributed by atoms with E-state index in [1.54, 1.807) is 16.2 Å². The first-order valence-electron chi connectivity index (χ1n) is 8.80. The van der Waals surface area contributed by atoms with Crippen LogP contribution in [0.15, 0.2) is 60.0 Å². The van der Waals surface area contributed by atoms with E-state index in [0.717, 1.165) is 22.9 Å². The van der Waals surface area contributed by atoms with Gasteiger partial charge in [-0.2, -0.15) is 0 Å². The minimum Gasteiger partial charge on any atom is -0.355 e. The topological polar surface area (TPSA) is 49.4 Å². The highest BCUT2D eigenvalue weighted by atomic mass is 32.1. The van der Waals surface area contributed by atoms with Gasteiger partial charge in [-0.3, -0.25) is 9.59 Å². The maximum atomic E-state index is 12.5. The summed E-state index contributed by atoms with van der Waals surface area (Å²) in [6.07, 6.45) is 1.10. The molecule has 0 saturated carbocycles. The third-order valence-electron chi connectivity index (χ3n) is 4.80. The van der Waals surface area contributed by atoms with Gasteiger partial charge in [-0.25, -0.2) is 0 Å². The summed E-state index contributed by atoms with van der Waals surface area (Å²) in [7, 11) is 0. The minimum absolute atomic E-state index is 0.0137. The van der Waals surface area contributed by atoms with Crippen LogP contribution in [0.25, 0.3) is 10.8 Å². The zero-order valence-electron chi connectivity index (χ0n) is 14.4. The fourth-order valence-corrected chi connectivity index (χ4v) is 4.18. The van der Waals surface area contributed by atoms with Crippen molar-refractivity contribution in [1.29, 1.82) is 0 Å². The SMILES string of the molecule is O=C(NCCc1cccs1)[C@H]1CC(=O)N(c2cccc3ccccc23)C1. The zero-order chi connectivity index (χ0) is 17.9. The van der Waals surface area contributed by atoms with Crippen LogP contribution in [0.3, 0.4) is 0 Å². The van der Waals surface area contributed by atoms with Crippen molar-refractivity contribution in [3.63, 3.8) is 0 Å². The average Bonchev–Trinajstić information content (AvgIpc) is 3.31. The first-order chi connectivity index (χ1) is 12.7. The molecule has 0 aliphatic carbocycles. The van der Waals surface area contributed by atoms with E-state index in [1.165, 1.54) is 4.88 Å². The number of nitrogens with one attached hydrogen (secondary N) is 1. The van der Waals surface area contributed by atoms with Crippen molar-refractivity contribution in [3.05, 3.63) is 64.9 Å². The molecule has 1 fully saturated rings. The molecular weight excluding hydrogens is 344 g/mol. The quantitative estimate of drug-likeness (QED) is 0.752. The highest BCUT2D eigenvalue weighted by Crippen LogP contribution is 2.31. The molecule has 1 atom stereocenters. The molecule has 26 heavy (non-hydrogen) atoms. The Morgan fingerprint density at radius 2 is 1.96 bits per heavy atom. The second-order valence-corrected chi connectivity index (χ2v) is 7.56. The van der Waals surface area contributed by atoms with Gasteiger partial charge in [-0.1, -0.05) is 42.5 Å². The van der Waals surface area contributed by atoms with Crippen molar-refractivity contribution >= 4 is 39.6 Å². The number of fused-ring (bicyclic) bond motifs is 1. The Balaban J connectivity index is 1.44. The largest absolute Gasteiger partial charge is 0.355 e. The minimum atomic E-state index is -0.287. The molecule has 1 aromatic heterocycles. The van der Waals surface area contributed by atoms with Crippen LogP contribution < -0.4 is 10.2 Å². The molecular formula is C21H20N2O2S. The van der Waals surface area contributed by atoms with E-state index in [0.29, 0.717) is 13.1 Å². The predicted octanol–water partition coefficient (Wildman–Crippen LogP) is 3.61. The first-order valence-corrected chi connectivity index (χ1v) is 9.68. The zero-order valence-corrected chi connectivity index (χ0v) is 15.2. The van der Waals surface area contributed by atoms with Crippen LogP contribution in [0.2, 0.25) is 0 Å².